The van der Waals surface area contributed by atoms with Gasteiger partial charge in [-0.25, -0.2) is 16.8 Å². The van der Waals surface area contributed by atoms with Crippen LogP contribution in [0.3, 0.4) is 0 Å². The van der Waals surface area contributed by atoms with Crippen LogP contribution in [0.25, 0.3) is 0 Å². The lowest BCUT2D eigenvalue weighted by molar-refractivity contribution is -0.128. The molecular weight excluding hydrogens is 412 g/mol. The number of fused-ring (bicyclic) bond motifs is 4. The van der Waals surface area contributed by atoms with Gasteiger partial charge >= 0.3 is 0 Å². The normalized spacial score (nSPS) is 40.1. The van der Waals surface area contributed by atoms with Crippen molar-refractivity contribution in [3.05, 3.63) is 0 Å². The van der Waals surface area contributed by atoms with Crippen LogP contribution in [-0.4, -0.2) is 45.0 Å². The third-order valence-corrected chi connectivity index (χ3v) is 14.3. The quantitative estimate of drug-likeness (QED) is 0.624. The van der Waals surface area contributed by atoms with Crippen molar-refractivity contribution in [1.82, 2.24) is 0 Å². The van der Waals surface area contributed by atoms with Crippen LogP contribution in [0.4, 0.5) is 0 Å². The zero-order valence-corrected chi connectivity index (χ0v) is 19.4. The number of ketones is 2. The zero-order valence-electron chi connectivity index (χ0n) is 17.8. The van der Waals surface area contributed by atoms with Gasteiger partial charge in [0, 0.05) is 23.7 Å². The van der Waals surface area contributed by atoms with Gasteiger partial charge in [0.05, 0.1) is 11.5 Å². The van der Waals surface area contributed by atoms with Gasteiger partial charge in [-0.3, -0.25) is 9.59 Å². The summed E-state index contributed by atoms with van der Waals surface area (Å²) in [6.07, 6.45) is 3.44. The van der Waals surface area contributed by atoms with Crippen molar-refractivity contribution >= 4 is 31.2 Å². The van der Waals surface area contributed by atoms with E-state index in [4.69, 9.17) is 0 Å². The number of Topliss-reactive ketones (excluding diaryl/α,β-unsaturated/α-hetero) is 2. The number of carbonyl (C=O) groups excluding carboxylic acids is 2. The molecule has 4 atom stereocenters. The summed E-state index contributed by atoms with van der Waals surface area (Å²) < 4.78 is 52.1. The summed E-state index contributed by atoms with van der Waals surface area (Å²) in [5.74, 6) is -0.516. The van der Waals surface area contributed by atoms with E-state index in [1.165, 1.54) is 0 Å². The summed E-state index contributed by atoms with van der Waals surface area (Å²) in [5.41, 5.74) is -2.79. The van der Waals surface area contributed by atoms with Gasteiger partial charge in [0.1, 0.15) is 11.6 Å². The summed E-state index contributed by atoms with van der Waals surface area (Å²) in [4.78, 5) is 25.3. The van der Waals surface area contributed by atoms with Crippen LogP contribution in [0.2, 0.25) is 0 Å². The van der Waals surface area contributed by atoms with Gasteiger partial charge in [-0.05, 0) is 48.3 Å². The highest BCUT2D eigenvalue weighted by Crippen LogP contribution is 2.65. The van der Waals surface area contributed by atoms with Gasteiger partial charge < -0.3 is 0 Å². The highest BCUT2D eigenvalue weighted by Gasteiger charge is 2.67. The van der Waals surface area contributed by atoms with Gasteiger partial charge in [0.25, 0.3) is 0 Å². The molecule has 8 heteroatoms. The average molecular weight is 445 g/mol. The van der Waals surface area contributed by atoms with Crippen molar-refractivity contribution in [2.45, 2.75) is 66.2 Å². The maximum absolute atomic E-state index is 13.0. The highest BCUT2D eigenvalue weighted by molar-refractivity contribution is 8.08. The topological polar surface area (TPSA) is 102 Å². The Hall–Kier alpha value is -0.760. The molecule has 4 fully saturated rings. The second kappa shape index (κ2) is 5.93. The van der Waals surface area contributed by atoms with Crippen LogP contribution in [0.5, 0.6) is 0 Å². The predicted octanol–water partition coefficient (Wildman–Crippen LogP) is 2.56. The molecule has 4 aliphatic rings. The maximum Gasteiger partial charge on any atom is 0.165 e. The summed E-state index contributed by atoms with van der Waals surface area (Å²) in [7, 11) is -8.02. The molecule has 0 spiro atoms. The van der Waals surface area contributed by atoms with E-state index >= 15 is 0 Å². The average Bonchev–Trinajstić information content (AvgIpc) is 3.05. The zero-order chi connectivity index (χ0) is 21.7. The molecule has 4 saturated carbocycles. The second-order valence-corrected chi connectivity index (χ2v) is 15.7. The number of rotatable bonds is 6. The van der Waals surface area contributed by atoms with E-state index in [0.29, 0.717) is 25.7 Å². The van der Waals surface area contributed by atoms with Crippen LogP contribution < -0.4 is 0 Å². The molecule has 0 aromatic heterocycles. The fourth-order valence-corrected chi connectivity index (χ4v) is 13.0. The van der Waals surface area contributed by atoms with Gasteiger partial charge in [0.15, 0.2) is 24.8 Å². The third kappa shape index (κ3) is 2.76. The van der Waals surface area contributed by atoms with Gasteiger partial charge in [-0.1, -0.05) is 27.7 Å². The lowest BCUT2D eigenvalue weighted by Gasteiger charge is -2.37. The monoisotopic (exact) mass is 444 g/mol. The predicted molar refractivity (Wildman–Crippen MR) is 110 cm³/mol. The Balaban J connectivity index is 1.57. The van der Waals surface area contributed by atoms with E-state index in [-0.39, 0.29) is 23.4 Å². The summed E-state index contributed by atoms with van der Waals surface area (Å²) in [6.45, 7) is 7.77. The molecule has 4 rings (SSSR count). The van der Waals surface area contributed by atoms with Gasteiger partial charge in [0.2, 0.25) is 0 Å². The number of sulfone groups is 2. The van der Waals surface area contributed by atoms with Crippen molar-refractivity contribution in [3.8, 4) is 0 Å². The second-order valence-electron chi connectivity index (χ2n) is 11.2. The first-order chi connectivity index (χ1) is 13.1. The molecule has 0 amide bonds. The van der Waals surface area contributed by atoms with Crippen LogP contribution in [0, 0.1) is 33.5 Å². The first kappa shape index (κ1) is 21.5. The molecule has 4 unspecified atom stereocenters. The Labute approximate surface area is 174 Å². The highest BCUT2D eigenvalue weighted by atomic mass is 32.3. The Kier molecular flexibility index (Phi) is 4.39. The van der Waals surface area contributed by atoms with Crippen LogP contribution in [0.15, 0.2) is 0 Å². The molecule has 0 aromatic carbocycles. The molecule has 0 N–H and O–H groups in total. The van der Waals surface area contributed by atoms with Crippen molar-refractivity contribution in [3.63, 3.8) is 0 Å². The smallest absolute Gasteiger partial charge is 0.165 e. The minimum absolute atomic E-state index is 0.0379. The fourth-order valence-electron chi connectivity index (χ4n) is 7.32. The van der Waals surface area contributed by atoms with E-state index in [0.717, 1.165) is 12.8 Å². The Morgan fingerprint density at radius 1 is 0.724 bits per heavy atom. The van der Waals surface area contributed by atoms with Crippen molar-refractivity contribution in [1.29, 1.82) is 0 Å². The molecule has 0 aliphatic heterocycles. The largest absolute Gasteiger partial charge is 0.299 e. The molecule has 0 saturated heterocycles. The molecular formula is C21H32O6S2. The summed E-state index contributed by atoms with van der Waals surface area (Å²) in [5, 5.41) is -0.967. The molecule has 29 heavy (non-hydrogen) atoms. The van der Waals surface area contributed by atoms with E-state index in [9.17, 15) is 26.4 Å². The Bertz CT molecular complexity index is 910. The molecule has 0 heterocycles. The minimum Gasteiger partial charge on any atom is -0.299 e. The Morgan fingerprint density at radius 2 is 1.07 bits per heavy atom. The molecule has 4 bridgehead atoms. The van der Waals surface area contributed by atoms with Crippen LogP contribution >= 0.6 is 0 Å². The molecule has 0 aromatic rings. The summed E-state index contributed by atoms with van der Waals surface area (Å²) in [6, 6.07) is 0. The molecule has 164 valence electrons. The fraction of sp³-hybridized carbons (Fsp3) is 0.905. The number of hydrogen-bond acceptors (Lipinski definition) is 6. The van der Waals surface area contributed by atoms with Crippen molar-refractivity contribution < 1.29 is 26.4 Å². The standard InChI is InChI=1S/C21H32O6S2/c1-18(2)14-5-7-20(18,16(22)9-14)11-28(24,25)13-29(26,27)12-21-8-6-15(10-17(21)23)19(21,3)4/h14-15H,5-13H2,1-4H3. The SMILES string of the molecule is CC1(C)C2CCC1(CS(=O)(=O)CS(=O)(=O)CC13CCC(CC1=O)C3(C)C)C(=O)C2. The van der Waals surface area contributed by atoms with E-state index in [1.54, 1.807) is 0 Å². The van der Waals surface area contributed by atoms with E-state index in [1.807, 2.05) is 27.7 Å². The third-order valence-electron chi connectivity index (χ3n) is 9.57. The van der Waals surface area contributed by atoms with Crippen molar-refractivity contribution in [2.75, 3.05) is 16.6 Å². The lowest BCUT2D eigenvalue weighted by Crippen LogP contribution is -2.46. The first-order valence-electron chi connectivity index (χ1n) is 10.6. The minimum atomic E-state index is -4.01. The Morgan fingerprint density at radius 3 is 1.31 bits per heavy atom. The first-order valence-corrected chi connectivity index (χ1v) is 14.2. The molecule has 6 nitrogen and oxygen atoms in total. The van der Waals surface area contributed by atoms with E-state index in [2.05, 4.69) is 0 Å². The van der Waals surface area contributed by atoms with Gasteiger partial charge in [-0.15, -0.1) is 0 Å². The lowest BCUT2D eigenvalue weighted by atomic mass is 9.70. The summed E-state index contributed by atoms with van der Waals surface area (Å²) >= 11 is 0. The van der Waals surface area contributed by atoms with Crippen molar-refractivity contribution in [2.24, 2.45) is 33.5 Å². The molecule has 4 aliphatic carbocycles. The number of carbonyl (C=O) groups is 2. The van der Waals surface area contributed by atoms with E-state index < -0.39 is 57.9 Å². The van der Waals surface area contributed by atoms with Crippen LogP contribution in [0.1, 0.15) is 66.2 Å². The maximum atomic E-state index is 13.0. The number of hydrogen-bond donors (Lipinski definition) is 0. The van der Waals surface area contributed by atoms with Crippen LogP contribution in [-0.2, 0) is 29.3 Å². The molecule has 0 radical (unpaired) electrons. The van der Waals surface area contributed by atoms with Gasteiger partial charge in [-0.2, -0.15) is 0 Å².